The van der Waals surface area contributed by atoms with Crippen molar-refractivity contribution in [1.82, 2.24) is 5.32 Å². The van der Waals surface area contributed by atoms with E-state index in [2.05, 4.69) is 10.1 Å². The maximum atomic E-state index is 12.1. The van der Waals surface area contributed by atoms with Gasteiger partial charge in [-0.05, 0) is 29.8 Å². The van der Waals surface area contributed by atoms with Gasteiger partial charge in [0.25, 0.3) is 5.91 Å². The fourth-order valence-electron chi connectivity index (χ4n) is 2.24. The predicted molar refractivity (Wildman–Crippen MR) is 85.2 cm³/mol. The summed E-state index contributed by atoms with van der Waals surface area (Å²) in [5.74, 6) is -0.390. The van der Waals surface area contributed by atoms with Crippen molar-refractivity contribution in [3.63, 3.8) is 0 Å². The average molecular weight is 309 g/mol. The van der Waals surface area contributed by atoms with Crippen LogP contribution in [0.4, 0.5) is 0 Å². The molecule has 0 aliphatic heterocycles. The van der Waals surface area contributed by atoms with Crippen LogP contribution < -0.4 is 5.32 Å². The molecule has 23 heavy (non-hydrogen) atoms. The maximum absolute atomic E-state index is 12.1. The van der Waals surface area contributed by atoms with Gasteiger partial charge in [-0.1, -0.05) is 30.3 Å². The Labute approximate surface area is 132 Å². The van der Waals surface area contributed by atoms with E-state index in [1.807, 2.05) is 24.3 Å². The Balaban J connectivity index is 1.65. The van der Waals surface area contributed by atoms with Crippen molar-refractivity contribution in [1.29, 1.82) is 0 Å². The lowest BCUT2D eigenvalue weighted by molar-refractivity contribution is 0.0600. The van der Waals surface area contributed by atoms with E-state index in [4.69, 9.17) is 4.42 Å². The fraction of sp³-hybridized carbons (Fsp3) is 0.111. The number of benzene rings is 2. The van der Waals surface area contributed by atoms with Gasteiger partial charge < -0.3 is 14.5 Å². The molecule has 0 bridgehead atoms. The SMILES string of the molecule is COC(=O)c1ccc(CNC(=O)c2cc3ccccc3o2)cc1. The molecule has 0 saturated heterocycles. The Hall–Kier alpha value is -3.08. The van der Waals surface area contributed by atoms with Crippen LogP contribution in [0, 0.1) is 0 Å². The second-order valence-corrected chi connectivity index (χ2v) is 5.02. The summed E-state index contributed by atoms with van der Waals surface area (Å²) >= 11 is 0. The van der Waals surface area contributed by atoms with E-state index in [1.165, 1.54) is 7.11 Å². The molecule has 1 N–H and O–H groups in total. The van der Waals surface area contributed by atoms with Gasteiger partial charge >= 0.3 is 5.97 Å². The van der Waals surface area contributed by atoms with E-state index >= 15 is 0 Å². The molecule has 3 aromatic rings. The smallest absolute Gasteiger partial charge is 0.337 e. The Morgan fingerprint density at radius 1 is 1.09 bits per heavy atom. The number of furan rings is 1. The Morgan fingerprint density at radius 2 is 1.83 bits per heavy atom. The number of amides is 1. The van der Waals surface area contributed by atoms with Crippen molar-refractivity contribution in [2.75, 3.05) is 7.11 Å². The number of hydrogen-bond donors (Lipinski definition) is 1. The zero-order chi connectivity index (χ0) is 16.2. The fourth-order valence-corrected chi connectivity index (χ4v) is 2.24. The molecular formula is C18H15NO4. The summed E-state index contributed by atoms with van der Waals surface area (Å²) < 4.78 is 10.2. The topological polar surface area (TPSA) is 68.5 Å². The van der Waals surface area contributed by atoms with Crippen molar-refractivity contribution in [2.24, 2.45) is 0 Å². The molecule has 1 heterocycles. The molecule has 0 fully saturated rings. The zero-order valence-corrected chi connectivity index (χ0v) is 12.5. The van der Waals surface area contributed by atoms with Crippen LogP contribution in [-0.2, 0) is 11.3 Å². The van der Waals surface area contributed by atoms with E-state index in [-0.39, 0.29) is 17.6 Å². The minimum absolute atomic E-state index is 0.275. The monoisotopic (exact) mass is 309 g/mol. The standard InChI is InChI=1S/C18H15NO4/c1-22-18(21)13-8-6-12(7-9-13)11-19-17(20)16-10-14-4-2-3-5-15(14)23-16/h2-10H,11H2,1H3,(H,19,20). The Morgan fingerprint density at radius 3 is 2.52 bits per heavy atom. The summed E-state index contributed by atoms with van der Waals surface area (Å²) in [5, 5.41) is 3.68. The minimum Gasteiger partial charge on any atom is -0.465 e. The third kappa shape index (κ3) is 3.23. The lowest BCUT2D eigenvalue weighted by Crippen LogP contribution is -2.22. The van der Waals surface area contributed by atoms with E-state index in [0.717, 1.165) is 10.9 Å². The molecule has 0 radical (unpaired) electrons. The number of hydrogen-bond acceptors (Lipinski definition) is 4. The second-order valence-electron chi connectivity index (χ2n) is 5.02. The third-order valence-corrected chi connectivity index (χ3v) is 3.48. The second kappa shape index (κ2) is 6.36. The van der Waals surface area contributed by atoms with Crippen LogP contribution in [0.1, 0.15) is 26.5 Å². The van der Waals surface area contributed by atoms with Crippen LogP contribution in [0.2, 0.25) is 0 Å². The molecule has 0 saturated carbocycles. The quantitative estimate of drug-likeness (QED) is 0.752. The number of fused-ring (bicyclic) bond motifs is 1. The molecule has 0 aliphatic rings. The van der Waals surface area contributed by atoms with Crippen LogP contribution in [0.5, 0.6) is 0 Å². The van der Waals surface area contributed by atoms with Crippen molar-refractivity contribution < 1.29 is 18.7 Å². The maximum Gasteiger partial charge on any atom is 0.337 e. The van der Waals surface area contributed by atoms with Crippen LogP contribution in [-0.4, -0.2) is 19.0 Å². The number of methoxy groups -OCH3 is 1. The summed E-state index contributed by atoms with van der Waals surface area (Å²) in [6.45, 7) is 0.345. The van der Waals surface area contributed by atoms with Gasteiger partial charge in [-0.2, -0.15) is 0 Å². The molecule has 0 unspecified atom stereocenters. The molecule has 116 valence electrons. The van der Waals surface area contributed by atoms with Gasteiger partial charge in [0.1, 0.15) is 5.58 Å². The lowest BCUT2D eigenvalue weighted by Gasteiger charge is -2.04. The normalized spacial score (nSPS) is 10.5. The van der Waals surface area contributed by atoms with E-state index in [1.54, 1.807) is 30.3 Å². The van der Waals surface area contributed by atoms with Crippen molar-refractivity contribution in [2.45, 2.75) is 6.54 Å². The number of ether oxygens (including phenoxy) is 1. The molecule has 3 rings (SSSR count). The molecule has 0 atom stereocenters. The van der Waals surface area contributed by atoms with Crippen molar-refractivity contribution in [3.05, 3.63) is 71.5 Å². The van der Waals surface area contributed by atoms with Gasteiger partial charge in [-0.25, -0.2) is 4.79 Å². The van der Waals surface area contributed by atoms with Gasteiger partial charge in [0.2, 0.25) is 0 Å². The highest BCUT2D eigenvalue weighted by Crippen LogP contribution is 2.18. The molecule has 0 spiro atoms. The number of para-hydroxylation sites is 1. The van der Waals surface area contributed by atoms with E-state index in [9.17, 15) is 9.59 Å². The number of rotatable bonds is 4. The summed E-state index contributed by atoms with van der Waals surface area (Å²) in [6.07, 6.45) is 0. The van der Waals surface area contributed by atoms with Crippen LogP contribution in [0.15, 0.2) is 59.0 Å². The molecule has 5 nitrogen and oxygen atoms in total. The molecule has 1 amide bonds. The third-order valence-electron chi connectivity index (χ3n) is 3.48. The summed E-state index contributed by atoms with van der Waals surface area (Å²) in [7, 11) is 1.34. The molecule has 0 aliphatic carbocycles. The van der Waals surface area contributed by atoms with Gasteiger partial charge in [0.05, 0.1) is 12.7 Å². The highest BCUT2D eigenvalue weighted by molar-refractivity contribution is 5.96. The highest BCUT2D eigenvalue weighted by Gasteiger charge is 2.12. The first-order chi connectivity index (χ1) is 11.2. The van der Waals surface area contributed by atoms with Crippen molar-refractivity contribution in [3.8, 4) is 0 Å². The Bertz CT molecular complexity index is 816. The first-order valence-corrected chi connectivity index (χ1v) is 7.11. The summed E-state index contributed by atoms with van der Waals surface area (Å²) in [6, 6.07) is 16.0. The van der Waals surface area contributed by atoms with Crippen LogP contribution >= 0.6 is 0 Å². The number of carbonyl (C=O) groups is 2. The van der Waals surface area contributed by atoms with Gasteiger partial charge in [-0.3, -0.25) is 4.79 Å². The average Bonchev–Trinajstić information content (AvgIpc) is 3.03. The Kier molecular flexibility index (Phi) is 4.10. The largest absolute Gasteiger partial charge is 0.465 e. The van der Waals surface area contributed by atoms with E-state index in [0.29, 0.717) is 17.7 Å². The van der Waals surface area contributed by atoms with Crippen molar-refractivity contribution >= 4 is 22.8 Å². The zero-order valence-electron chi connectivity index (χ0n) is 12.5. The number of nitrogens with one attached hydrogen (secondary N) is 1. The summed E-state index contributed by atoms with van der Waals surface area (Å²) in [4.78, 5) is 23.5. The summed E-state index contributed by atoms with van der Waals surface area (Å²) in [5.41, 5.74) is 2.03. The van der Waals surface area contributed by atoms with E-state index < -0.39 is 0 Å². The van der Waals surface area contributed by atoms with Gasteiger partial charge in [-0.15, -0.1) is 0 Å². The van der Waals surface area contributed by atoms with Crippen LogP contribution in [0.25, 0.3) is 11.0 Å². The lowest BCUT2D eigenvalue weighted by atomic mass is 10.1. The van der Waals surface area contributed by atoms with Gasteiger partial charge in [0.15, 0.2) is 5.76 Å². The van der Waals surface area contributed by atoms with Gasteiger partial charge in [0, 0.05) is 11.9 Å². The first kappa shape index (κ1) is 14.8. The highest BCUT2D eigenvalue weighted by atomic mass is 16.5. The number of carbonyl (C=O) groups excluding carboxylic acids is 2. The molecule has 5 heteroatoms. The number of esters is 1. The first-order valence-electron chi connectivity index (χ1n) is 7.11. The minimum atomic E-state index is -0.386. The molecule has 1 aromatic heterocycles. The molecule has 2 aromatic carbocycles. The van der Waals surface area contributed by atoms with Crippen LogP contribution in [0.3, 0.4) is 0 Å². The molecular weight excluding hydrogens is 294 g/mol. The predicted octanol–water partition coefficient (Wildman–Crippen LogP) is 3.15.